The average molecular weight is 562 g/mol. The largest absolute Gasteiger partial charge is 0.496 e. The van der Waals surface area contributed by atoms with E-state index in [1.807, 2.05) is 5.64 Å². The number of rotatable bonds is 12. The normalized spacial score (nSPS) is 12.7. The van der Waals surface area contributed by atoms with E-state index in [0.717, 1.165) is 24.3 Å². The summed E-state index contributed by atoms with van der Waals surface area (Å²) in [5.41, 5.74) is 0.311. The third-order valence-electron chi connectivity index (χ3n) is 4.75. The zero-order valence-electron chi connectivity index (χ0n) is 20.9. The lowest BCUT2D eigenvalue weighted by atomic mass is 10.1. The molecule has 39 heavy (non-hydrogen) atoms. The number of nitrogens with zero attached hydrogens (tertiary/aromatic N) is 1. The molecule has 0 bridgehead atoms. The molecule has 0 saturated heterocycles. The molecule has 8 nitrogen and oxygen atoms in total. The molecule has 2 aromatic rings. The van der Waals surface area contributed by atoms with E-state index in [2.05, 4.69) is 9.99 Å². The predicted octanol–water partition coefficient (Wildman–Crippen LogP) is 5.84. The number of benzene rings is 2. The van der Waals surface area contributed by atoms with Crippen LogP contribution in [0.2, 0.25) is 0 Å². The second-order valence-electron chi connectivity index (χ2n) is 7.47. The third-order valence-corrected chi connectivity index (χ3v) is 4.75. The Morgan fingerprint density at radius 3 is 1.79 bits per heavy atom. The molecule has 0 aliphatic carbocycles. The highest BCUT2D eigenvalue weighted by atomic mass is 19.4. The Labute approximate surface area is 219 Å². The van der Waals surface area contributed by atoms with Crippen molar-refractivity contribution in [2.45, 2.75) is 19.3 Å². The van der Waals surface area contributed by atoms with Crippen molar-refractivity contribution in [3.05, 3.63) is 70.8 Å². The lowest BCUT2D eigenvalue weighted by Gasteiger charge is -2.10. The minimum absolute atomic E-state index is 0.161. The summed E-state index contributed by atoms with van der Waals surface area (Å²) < 4.78 is 87.4. The number of nitrogens with one attached hydrogen (secondary N) is 1. The third kappa shape index (κ3) is 9.98. The fourth-order valence-electron chi connectivity index (χ4n) is 2.87. The molecule has 0 heterocycles. The van der Waals surface area contributed by atoms with Crippen LogP contribution in [0, 0.1) is 0 Å². The van der Waals surface area contributed by atoms with E-state index in [9.17, 15) is 31.1 Å². The topological polar surface area (TPSA) is 87.6 Å². The van der Waals surface area contributed by atoms with Gasteiger partial charge in [-0.15, -0.1) is 0 Å². The summed E-state index contributed by atoms with van der Waals surface area (Å²) in [6.07, 6.45) is -3.63. The Hall–Kier alpha value is -4.04. The van der Waals surface area contributed by atoms with Gasteiger partial charge in [-0.25, -0.2) is 4.79 Å². The van der Waals surface area contributed by atoms with Gasteiger partial charge in [-0.05, 0) is 55.0 Å². The Bertz CT molecular complexity index is 1210. The second-order valence-corrected chi connectivity index (χ2v) is 7.47. The van der Waals surface area contributed by atoms with Crippen LogP contribution in [0.25, 0.3) is 12.2 Å². The molecule has 2 aromatic carbocycles. The highest BCUT2D eigenvalue weighted by molar-refractivity contribution is 6.35. The van der Waals surface area contributed by atoms with E-state index in [0.29, 0.717) is 0 Å². The number of carbonyl (C=O) groups excluding carboxylic acids is 1. The van der Waals surface area contributed by atoms with Crippen molar-refractivity contribution in [1.82, 2.24) is 5.64 Å². The van der Waals surface area contributed by atoms with Gasteiger partial charge in [-0.1, -0.05) is 23.4 Å². The minimum Gasteiger partial charge on any atom is -0.496 e. The first-order valence-electron chi connectivity index (χ1n) is 10.9. The lowest BCUT2D eigenvalue weighted by Crippen LogP contribution is -2.25. The molecule has 212 valence electrons. The summed E-state index contributed by atoms with van der Waals surface area (Å²) in [7, 11) is 2.63. The summed E-state index contributed by atoms with van der Waals surface area (Å²) in [4.78, 5) is 26.2. The van der Waals surface area contributed by atoms with Gasteiger partial charge in [0.05, 0.1) is 32.0 Å². The zero-order valence-corrected chi connectivity index (χ0v) is 20.9. The van der Waals surface area contributed by atoms with Crippen molar-refractivity contribution in [2.24, 2.45) is 5.16 Å². The van der Waals surface area contributed by atoms with Crippen LogP contribution in [-0.4, -0.2) is 39.1 Å². The Morgan fingerprint density at radius 2 is 1.33 bits per heavy atom. The molecule has 0 aromatic heterocycles. The molecule has 0 amide bonds. The van der Waals surface area contributed by atoms with Crippen LogP contribution in [0.5, 0.6) is 11.5 Å². The van der Waals surface area contributed by atoms with Crippen LogP contribution < -0.4 is 15.1 Å². The van der Waals surface area contributed by atoms with Gasteiger partial charge in [0.1, 0.15) is 18.1 Å². The first-order valence-corrected chi connectivity index (χ1v) is 10.9. The Morgan fingerprint density at radius 1 is 0.846 bits per heavy atom. The van der Waals surface area contributed by atoms with Gasteiger partial charge in [0.2, 0.25) is 0 Å². The van der Waals surface area contributed by atoms with Crippen LogP contribution in [-0.2, 0) is 31.7 Å². The quantitative estimate of drug-likeness (QED) is 0.151. The number of carbonyl (C=O) groups is 1. The van der Waals surface area contributed by atoms with E-state index in [-0.39, 0.29) is 41.6 Å². The Balaban J connectivity index is 1.79. The van der Waals surface area contributed by atoms with E-state index >= 15 is 0 Å². The van der Waals surface area contributed by atoms with Gasteiger partial charge < -0.3 is 19.1 Å². The standard InChI is InChI=1S/C25H24F6N2O6/c1-16(32-37-12-4-6-17-14-19(24(26,27)28)8-10-21(17)35-2)23(34)39-33-38-13-5-7-18-15-20(25(29,30)31)9-11-22(18)36-3/h4-11,14-15,33H,12-13H2,1-3H3/b6-4+,7-5+,32-16?. The van der Waals surface area contributed by atoms with E-state index in [4.69, 9.17) is 19.1 Å². The van der Waals surface area contributed by atoms with Crippen molar-refractivity contribution in [2.75, 3.05) is 27.4 Å². The van der Waals surface area contributed by atoms with Crippen molar-refractivity contribution < 1.29 is 55.1 Å². The predicted molar refractivity (Wildman–Crippen MR) is 128 cm³/mol. The number of alkyl halides is 6. The molecule has 14 heteroatoms. The van der Waals surface area contributed by atoms with Crippen LogP contribution in [0.15, 0.2) is 53.7 Å². The van der Waals surface area contributed by atoms with Crippen LogP contribution in [0.1, 0.15) is 29.2 Å². The van der Waals surface area contributed by atoms with E-state index < -0.39 is 29.4 Å². The first kappa shape index (κ1) is 31.2. The van der Waals surface area contributed by atoms with Gasteiger partial charge >= 0.3 is 18.3 Å². The van der Waals surface area contributed by atoms with E-state index in [1.54, 1.807) is 0 Å². The van der Waals surface area contributed by atoms with Crippen molar-refractivity contribution in [3.8, 4) is 11.5 Å². The number of methoxy groups -OCH3 is 2. The monoisotopic (exact) mass is 562 g/mol. The molecule has 0 spiro atoms. The maximum absolute atomic E-state index is 12.9. The molecule has 0 saturated carbocycles. The number of hydrogen-bond donors (Lipinski definition) is 1. The molecule has 1 N–H and O–H groups in total. The summed E-state index contributed by atoms with van der Waals surface area (Å²) in [6.45, 7) is 0.893. The highest BCUT2D eigenvalue weighted by Gasteiger charge is 2.31. The maximum atomic E-state index is 12.9. The van der Waals surface area contributed by atoms with Crippen molar-refractivity contribution in [1.29, 1.82) is 0 Å². The van der Waals surface area contributed by atoms with Gasteiger partial charge in [-0.2, -0.15) is 26.3 Å². The summed E-state index contributed by atoms with van der Waals surface area (Å²) in [5.74, 6) is -0.534. The number of halogens is 6. The summed E-state index contributed by atoms with van der Waals surface area (Å²) in [5, 5.41) is 3.52. The molecule has 0 fully saturated rings. The van der Waals surface area contributed by atoms with Gasteiger partial charge in [-0.3, -0.25) is 4.84 Å². The lowest BCUT2D eigenvalue weighted by molar-refractivity contribution is -0.180. The van der Waals surface area contributed by atoms with Gasteiger partial charge in [0, 0.05) is 11.1 Å². The molecule has 0 unspecified atom stereocenters. The van der Waals surface area contributed by atoms with Crippen LogP contribution in [0.3, 0.4) is 0 Å². The minimum atomic E-state index is -4.52. The smallest absolute Gasteiger partial charge is 0.416 e. The number of hydrogen-bond acceptors (Lipinski definition) is 8. The molecule has 0 radical (unpaired) electrons. The summed E-state index contributed by atoms with van der Waals surface area (Å²) in [6, 6.07) is 5.99. The molecule has 0 aliphatic heterocycles. The molecule has 0 atom stereocenters. The Kier molecular flexibility index (Phi) is 11.4. The van der Waals surface area contributed by atoms with Crippen molar-refractivity contribution >= 4 is 23.8 Å². The fraction of sp³-hybridized carbons (Fsp3) is 0.280. The SMILES string of the molecule is COc1ccc(C(F)(F)F)cc1/C=C/CON=C(C)C(=O)ONOC/C=C/c1cc(C(F)(F)F)ccc1OC. The molecular weight excluding hydrogens is 538 g/mol. The maximum Gasteiger partial charge on any atom is 0.416 e. The van der Waals surface area contributed by atoms with E-state index in [1.165, 1.54) is 57.6 Å². The van der Waals surface area contributed by atoms with Crippen LogP contribution in [0.4, 0.5) is 26.3 Å². The summed E-state index contributed by atoms with van der Waals surface area (Å²) >= 11 is 0. The average Bonchev–Trinajstić information content (AvgIpc) is 2.88. The first-order chi connectivity index (χ1) is 18.4. The molecule has 2 rings (SSSR count). The molecule has 0 aliphatic rings. The number of ether oxygens (including phenoxy) is 2. The number of oxime groups is 1. The van der Waals surface area contributed by atoms with Gasteiger partial charge in [0.15, 0.2) is 5.71 Å². The van der Waals surface area contributed by atoms with Gasteiger partial charge in [0.25, 0.3) is 0 Å². The molecular formula is C25H24F6N2O6. The zero-order chi connectivity index (χ0) is 29.1. The fourth-order valence-corrected chi connectivity index (χ4v) is 2.87. The second kappa shape index (κ2) is 14.2. The van der Waals surface area contributed by atoms with Crippen molar-refractivity contribution in [3.63, 3.8) is 0 Å². The highest BCUT2D eigenvalue weighted by Crippen LogP contribution is 2.34. The van der Waals surface area contributed by atoms with Crippen LogP contribution >= 0.6 is 0 Å².